The number of rotatable bonds is 9. The van der Waals surface area contributed by atoms with Gasteiger partial charge < -0.3 is 30.0 Å². The van der Waals surface area contributed by atoms with Gasteiger partial charge in [0.05, 0.1) is 12.0 Å². The average Bonchev–Trinajstić information content (AvgIpc) is 2.58. The molecule has 1 aromatic carbocycles. The van der Waals surface area contributed by atoms with E-state index in [4.69, 9.17) is 21.1 Å². The molecule has 2 amide bonds. The third kappa shape index (κ3) is 10.0. The summed E-state index contributed by atoms with van der Waals surface area (Å²) in [5.74, 6) is -1.39. The molecule has 156 valence electrons. The van der Waals surface area contributed by atoms with Crippen LogP contribution in [0.1, 0.15) is 45.6 Å². The lowest BCUT2D eigenvalue weighted by Crippen LogP contribution is -2.49. The van der Waals surface area contributed by atoms with Gasteiger partial charge in [-0.15, -0.1) is 0 Å². The van der Waals surface area contributed by atoms with E-state index in [0.29, 0.717) is 30.0 Å². The van der Waals surface area contributed by atoms with Gasteiger partial charge in [-0.1, -0.05) is 29.8 Å². The largest absolute Gasteiger partial charge is 0.548 e. The lowest BCUT2D eigenvalue weighted by atomic mass is 10.1. The number of hydrogen-bond donors (Lipinski definition) is 2. The number of ether oxygens (including phenoxy) is 2. The molecule has 1 atom stereocenters. The first kappa shape index (κ1) is 23.6. The van der Waals surface area contributed by atoms with Crippen LogP contribution in [0, 0.1) is 0 Å². The molecule has 8 nitrogen and oxygen atoms in total. The molecule has 1 rings (SSSR count). The highest BCUT2D eigenvalue weighted by atomic mass is 35.5. The molecule has 0 unspecified atom stereocenters. The zero-order chi connectivity index (χ0) is 21.2. The second kappa shape index (κ2) is 11.4. The van der Waals surface area contributed by atoms with Crippen molar-refractivity contribution in [1.82, 2.24) is 10.6 Å². The second-order valence-corrected chi connectivity index (χ2v) is 7.52. The number of carboxylic acid groups (broad SMARTS) is 1. The second-order valence-electron chi connectivity index (χ2n) is 7.11. The highest BCUT2D eigenvalue weighted by Gasteiger charge is 2.20. The summed E-state index contributed by atoms with van der Waals surface area (Å²) in [7, 11) is 0. The van der Waals surface area contributed by atoms with Gasteiger partial charge in [0, 0.05) is 17.1 Å². The van der Waals surface area contributed by atoms with Gasteiger partial charge in [-0.25, -0.2) is 9.59 Å². The minimum Gasteiger partial charge on any atom is -0.548 e. The first-order valence-corrected chi connectivity index (χ1v) is 9.30. The third-order valence-electron chi connectivity index (χ3n) is 3.48. The quantitative estimate of drug-likeness (QED) is 0.600. The molecule has 0 aliphatic heterocycles. The van der Waals surface area contributed by atoms with Gasteiger partial charge in [0.1, 0.15) is 12.2 Å². The molecule has 0 radical (unpaired) electrons. The number of carboxylic acids is 1. The van der Waals surface area contributed by atoms with E-state index in [9.17, 15) is 19.5 Å². The van der Waals surface area contributed by atoms with Gasteiger partial charge in [0.2, 0.25) is 0 Å². The number of nitrogens with one attached hydrogen (secondary N) is 2. The van der Waals surface area contributed by atoms with Gasteiger partial charge in [0.15, 0.2) is 0 Å². The fourth-order valence-electron chi connectivity index (χ4n) is 2.17. The highest BCUT2D eigenvalue weighted by Crippen LogP contribution is 2.15. The van der Waals surface area contributed by atoms with Crippen molar-refractivity contribution in [3.05, 3.63) is 34.9 Å². The van der Waals surface area contributed by atoms with Gasteiger partial charge >= 0.3 is 12.2 Å². The lowest BCUT2D eigenvalue weighted by Gasteiger charge is -2.24. The average molecular weight is 414 g/mol. The Hall–Kier alpha value is -2.48. The number of carbonyl (C=O) groups is 3. The van der Waals surface area contributed by atoms with Crippen molar-refractivity contribution in [3.8, 4) is 0 Å². The topological polar surface area (TPSA) is 117 Å². The van der Waals surface area contributed by atoms with Crippen LogP contribution in [-0.4, -0.2) is 36.3 Å². The van der Waals surface area contributed by atoms with Crippen molar-refractivity contribution in [2.24, 2.45) is 0 Å². The molecule has 0 bridgehead atoms. The highest BCUT2D eigenvalue weighted by molar-refractivity contribution is 6.31. The van der Waals surface area contributed by atoms with Crippen LogP contribution in [0.2, 0.25) is 5.02 Å². The fraction of sp³-hybridized carbons (Fsp3) is 0.526. The van der Waals surface area contributed by atoms with Crippen molar-refractivity contribution in [2.75, 3.05) is 6.54 Å². The van der Waals surface area contributed by atoms with E-state index in [-0.39, 0.29) is 13.0 Å². The van der Waals surface area contributed by atoms with Crippen LogP contribution in [0.15, 0.2) is 24.3 Å². The molecule has 2 N–H and O–H groups in total. The normalized spacial score (nSPS) is 12.0. The summed E-state index contributed by atoms with van der Waals surface area (Å²) in [4.78, 5) is 34.5. The van der Waals surface area contributed by atoms with Crippen LogP contribution < -0.4 is 15.7 Å². The Labute approximate surface area is 169 Å². The molecule has 0 saturated heterocycles. The minimum atomic E-state index is -1.39. The first-order chi connectivity index (χ1) is 13.1. The van der Waals surface area contributed by atoms with Gasteiger partial charge in [0.25, 0.3) is 0 Å². The molecule has 9 heteroatoms. The minimum absolute atomic E-state index is 0.0536. The summed E-state index contributed by atoms with van der Waals surface area (Å²) in [6.45, 7) is 5.39. The number of unbranched alkanes of at least 4 members (excludes halogenated alkanes) is 1. The van der Waals surface area contributed by atoms with Gasteiger partial charge in [-0.3, -0.25) is 0 Å². The zero-order valence-electron chi connectivity index (χ0n) is 16.2. The zero-order valence-corrected chi connectivity index (χ0v) is 17.0. The Kier molecular flexibility index (Phi) is 9.58. The fourth-order valence-corrected chi connectivity index (χ4v) is 2.36. The van der Waals surface area contributed by atoms with Gasteiger partial charge in [-0.05, 0) is 46.1 Å². The molecular weight excluding hydrogens is 388 g/mol. The van der Waals surface area contributed by atoms with Crippen LogP contribution in [0.4, 0.5) is 9.59 Å². The summed E-state index contributed by atoms with van der Waals surface area (Å²) in [5.41, 5.74) is -0.0289. The lowest BCUT2D eigenvalue weighted by molar-refractivity contribution is -0.308. The molecule has 0 aliphatic carbocycles. The van der Waals surface area contributed by atoms with Crippen molar-refractivity contribution in [1.29, 1.82) is 0 Å². The Balaban J connectivity index is 2.24. The Morgan fingerprint density at radius 2 is 1.82 bits per heavy atom. The predicted octanol–water partition coefficient (Wildman–Crippen LogP) is 2.38. The Bertz CT molecular complexity index is 675. The Morgan fingerprint density at radius 1 is 1.14 bits per heavy atom. The van der Waals surface area contributed by atoms with E-state index in [1.807, 2.05) is 0 Å². The molecule has 0 spiro atoms. The maximum atomic E-state index is 11.7. The van der Waals surface area contributed by atoms with E-state index in [2.05, 4.69) is 10.6 Å². The number of hydrogen-bond acceptors (Lipinski definition) is 6. The summed E-state index contributed by atoms with van der Waals surface area (Å²) in [6, 6.07) is 5.87. The van der Waals surface area contributed by atoms with Crippen LogP contribution in [-0.2, 0) is 20.9 Å². The summed E-state index contributed by atoms with van der Waals surface area (Å²) < 4.78 is 10.1. The monoisotopic (exact) mass is 413 g/mol. The standard InChI is InChI=1S/C19H27ClN2O6/c1-19(2,3)28-18(26)22-15(16(23)24)10-6-7-11-21-17(25)27-12-13-8-4-5-9-14(13)20/h4-5,8-9,15H,6-7,10-12H2,1-3H3,(H,21,25)(H,22,26)(H,23,24)/p-1/t15-/m1/s1. The molecule has 1 aromatic rings. The summed E-state index contributed by atoms with van der Waals surface area (Å²) in [5, 5.41) is 16.5. The molecule has 28 heavy (non-hydrogen) atoms. The van der Waals surface area contributed by atoms with E-state index < -0.39 is 29.8 Å². The molecule has 0 aromatic heterocycles. The van der Waals surface area contributed by atoms with Crippen molar-refractivity contribution in [3.63, 3.8) is 0 Å². The molecular formula is C19H26ClN2O6-. The molecule has 0 saturated carbocycles. The van der Waals surface area contributed by atoms with Gasteiger partial charge in [-0.2, -0.15) is 0 Å². The smallest absolute Gasteiger partial charge is 0.408 e. The number of alkyl carbamates (subject to hydrolysis) is 2. The van der Waals surface area contributed by atoms with Crippen LogP contribution >= 0.6 is 11.6 Å². The van der Waals surface area contributed by atoms with E-state index in [0.717, 1.165) is 0 Å². The molecule has 0 heterocycles. The van der Waals surface area contributed by atoms with Crippen molar-refractivity contribution < 1.29 is 29.0 Å². The first-order valence-electron chi connectivity index (χ1n) is 8.93. The molecule has 0 fully saturated rings. The van der Waals surface area contributed by atoms with Crippen molar-refractivity contribution in [2.45, 2.75) is 58.3 Å². The number of amides is 2. The Morgan fingerprint density at radius 3 is 2.43 bits per heavy atom. The third-order valence-corrected chi connectivity index (χ3v) is 3.85. The van der Waals surface area contributed by atoms with Crippen LogP contribution in [0.3, 0.4) is 0 Å². The van der Waals surface area contributed by atoms with Crippen LogP contribution in [0.25, 0.3) is 0 Å². The summed E-state index contributed by atoms with van der Waals surface area (Å²) >= 11 is 5.98. The number of aliphatic carboxylic acids is 1. The van der Waals surface area contributed by atoms with Crippen LogP contribution in [0.5, 0.6) is 0 Å². The van der Waals surface area contributed by atoms with Crippen molar-refractivity contribution >= 4 is 29.8 Å². The summed E-state index contributed by atoms with van der Waals surface area (Å²) in [6.07, 6.45) is -0.316. The number of carbonyl (C=O) groups excluding carboxylic acids is 3. The maximum Gasteiger partial charge on any atom is 0.408 e. The predicted molar refractivity (Wildman–Crippen MR) is 102 cm³/mol. The van der Waals surface area contributed by atoms with E-state index in [1.165, 1.54) is 0 Å². The van der Waals surface area contributed by atoms with E-state index >= 15 is 0 Å². The molecule has 0 aliphatic rings. The maximum absolute atomic E-state index is 11.7. The number of halogens is 1. The van der Waals surface area contributed by atoms with E-state index in [1.54, 1.807) is 45.0 Å². The SMILES string of the molecule is CC(C)(C)OC(=O)N[C@H](CCCCNC(=O)OCc1ccccc1Cl)C(=O)[O-]. The number of benzene rings is 1.